The average molecular weight is 1150 g/mol. The standard InChI is InChI=1S/C50H46Cl2F2N2O23/c1-26(57)69-21-74-42-16-41-33(14-35(42)52)48(32-13-34(51)39(62)15-40(32)79-41)31-6-8-37(55(17-44(63)75-22-70-27(2)58)18-45(64)76-23-71-28(3)59)43(12-31)67-10-11-68-50-38(9-7-36(53)49(50)54)56(19-46(65)77-24-72-29(4)60)20-47(66)78-25-73-30(5)61/h6-9,12-16H,10-11,17-25H2,1-5H3. The molecule has 1 aliphatic carbocycles. The molecule has 1 heterocycles. The number of anilines is 2. The maximum absolute atomic E-state index is 15.9. The van der Waals surface area contributed by atoms with Crippen LogP contribution >= 0.6 is 23.2 Å². The van der Waals surface area contributed by atoms with Gasteiger partial charge in [0.15, 0.2) is 11.6 Å². The lowest BCUT2D eigenvalue weighted by Crippen LogP contribution is -2.37. The van der Waals surface area contributed by atoms with Gasteiger partial charge in [-0.25, -0.2) is 4.39 Å². The van der Waals surface area contributed by atoms with E-state index in [1.807, 2.05) is 0 Å². The lowest BCUT2D eigenvalue weighted by molar-refractivity contribution is -0.167. The van der Waals surface area contributed by atoms with Crippen LogP contribution in [0.25, 0.3) is 33.4 Å². The van der Waals surface area contributed by atoms with Crippen molar-refractivity contribution in [3.05, 3.63) is 86.5 Å². The van der Waals surface area contributed by atoms with E-state index in [0.717, 1.165) is 56.6 Å². The Bertz CT molecular complexity index is 3080. The van der Waals surface area contributed by atoms with Crippen LogP contribution in [-0.2, 0) is 85.8 Å². The van der Waals surface area contributed by atoms with Crippen molar-refractivity contribution in [2.24, 2.45) is 0 Å². The SMILES string of the molecule is CC(=O)OCOC(=O)CN(CC(=O)OCOC(C)=O)c1ccc(-c2c3cc(Cl)c(=O)cc-3oc3cc(OCOC(C)=O)c(Cl)cc23)cc1OCCOc1c(N(CC(=O)OCOC(C)=O)CC(=O)OCOC(C)=O)ccc(F)c1F. The van der Waals surface area contributed by atoms with Crippen LogP contribution < -0.4 is 29.4 Å². The first-order valence-corrected chi connectivity index (χ1v) is 23.5. The Morgan fingerprint density at radius 2 is 0.975 bits per heavy atom. The highest BCUT2D eigenvalue weighted by Crippen LogP contribution is 2.45. The number of rotatable bonds is 27. The summed E-state index contributed by atoms with van der Waals surface area (Å²) in [5.74, 6) is -12.5. The first-order valence-electron chi connectivity index (χ1n) is 22.7. The normalized spacial score (nSPS) is 10.6. The molecule has 3 aromatic rings. The van der Waals surface area contributed by atoms with Crippen LogP contribution in [0.4, 0.5) is 20.2 Å². The molecule has 0 atom stereocenters. The van der Waals surface area contributed by atoms with Gasteiger partial charge in [0.25, 0.3) is 0 Å². The quantitative estimate of drug-likeness (QED) is 0.0210. The van der Waals surface area contributed by atoms with Crippen LogP contribution in [0.1, 0.15) is 34.6 Å². The van der Waals surface area contributed by atoms with Gasteiger partial charge in [0.2, 0.25) is 45.2 Å². The topological polar surface area (TPSA) is 301 Å². The molecule has 0 bridgehead atoms. The Balaban J connectivity index is 1.62. The maximum atomic E-state index is 15.9. The second kappa shape index (κ2) is 29.0. The van der Waals surface area contributed by atoms with Crippen LogP contribution in [0.3, 0.4) is 0 Å². The van der Waals surface area contributed by atoms with E-state index in [9.17, 15) is 47.9 Å². The Kier molecular flexibility index (Phi) is 22.3. The third-order valence-corrected chi connectivity index (χ3v) is 10.6. The molecule has 0 aromatic heterocycles. The summed E-state index contributed by atoms with van der Waals surface area (Å²) in [5.41, 5.74) is -0.350. The number of hydrogen-bond donors (Lipinski definition) is 0. The highest BCUT2D eigenvalue weighted by atomic mass is 35.5. The van der Waals surface area contributed by atoms with E-state index in [1.165, 1.54) is 36.4 Å². The van der Waals surface area contributed by atoms with E-state index in [0.29, 0.717) is 6.07 Å². The zero-order valence-electron chi connectivity index (χ0n) is 42.3. The Morgan fingerprint density at radius 3 is 1.48 bits per heavy atom. The molecule has 1 aliphatic heterocycles. The van der Waals surface area contributed by atoms with Gasteiger partial charge >= 0.3 is 53.7 Å². The van der Waals surface area contributed by atoms with E-state index in [-0.39, 0.29) is 60.7 Å². The molecule has 0 saturated carbocycles. The van der Waals surface area contributed by atoms with Gasteiger partial charge in [-0.3, -0.25) is 47.9 Å². The van der Waals surface area contributed by atoms with Gasteiger partial charge in [0.05, 0.1) is 21.4 Å². The number of ether oxygens (including phenoxy) is 12. The van der Waals surface area contributed by atoms with Gasteiger partial charge in [-0.15, -0.1) is 0 Å². The summed E-state index contributed by atoms with van der Waals surface area (Å²) in [6.45, 7) is -3.26. The smallest absolute Gasteiger partial charge is 0.328 e. The summed E-state index contributed by atoms with van der Waals surface area (Å²) in [4.78, 5) is 124. The average Bonchev–Trinajstić information content (AvgIpc) is 3.57. The monoisotopic (exact) mass is 1150 g/mol. The first kappa shape index (κ1) is 60.9. The molecule has 0 saturated heterocycles. The number of carbonyl (C=O) groups is 9. The highest BCUT2D eigenvalue weighted by Gasteiger charge is 2.28. The summed E-state index contributed by atoms with van der Waals surface area (Å²) in [6.07, 6.45) is 0. The van der Waals surface area contributed by atoms with Crippen LogP contribution in [0.5, 0.6) is 17.2 Å². The molecule has 2 aliphatic rings. The van der Waals surface area contributed by atoms with Crippen molar-refractivity contribution >= 4 is 99.3 Å². The van der Waals surface area contributed by atoms with Crippen molar-refractivity contribution in [1.82, 2.24) is 0 Å². The summed E-state index contributed by atoms with van der Waals surface area (Å²) in [6, 6.07) is 11.0. The van der Waals surface area contributed by atoms with Crippen LogP contribution in [0.15, 0.2) is 63.8 Å². The number of nitrogens with zero attached hydrogens (tertiary/aromatic N) is 2. The summed E-state index contributed by atoms with van der Waals surface area (Å²) in [5, 5.41) is 0.0171. The molecule has 3 aromatic carbocycles. The number of benzene rings is 4. The fourth-order valence-corrected chi connectivity index (χ4v) is 7.09. The molecular formula is C50H46Cl2F2N2O23. The largest absolute Gasteiger partial charge is 0.488 e. The fourth-order valence-electron chi connectivity index (χ4n) is 6.71. The zero-order valence-corrected chi connectivity index (χ0v) is 43.8. The second-order valence-electron chi connectivity index (χ2n) is 15.8. The molecule has 0 N–H and O–H groups in total. The van der Waals surface area contributed by atoms with Crippen LogP contribution in [0.2, 0.25) is 10.0 Å². The predicted molar refractivity (Wildman–Crippen MR) is 264 cm³/mol. The van der Waals surface area contributed by atoms with Crippen molar-refractivity contribution in [3.63, 3.8) is 0 Å². The van der Waals surface area contributed by atoms with Crippen molar-refractivity contribution in [3.8, 4) is 39.7 Å². The van der Waals surface area contributed by atoms with E-state index in [1.54, 1.807) is 0 Å². The number of esters is 9. The van der Waals surface area contributed by atoms with E-state index in [2.05, 4.69) is 9.47 Å². The minimum atomic E-state index is -1.62. The maximum Gasteiger partial charge on any atom is 0.328 e. The van der Waals surface area contributed by atoms with Gasteiger partial charge in [0.1, 0.15) is 62.2 Å². The number of carbonyl (C=O) groups excluding carboxylic acids is 9. The molecular weight excluding hydrogens is 1110 g/mol. The molecule has 0 amide bonds. The Hall–Kier alpha value is -8.98. The predicted octanol–water partition coefficient (Wildman–Crippen LogP) is 5.38. The van der Waals surface area contributed by atoms with E-state index < -0.39 is 156 Å². The van der Waals surface area contributed by atoms with E-state index in [4.69, 9.17) is 75.0 Å². The van der Waals surface area contributed by atoms with Gasteiger partial charge < -0.3 is 71.1 Å². The summed E-state index contributed by atoms with van der Waals surface area (Å²) >= 11 is 13.1. The molecule has 0 radical (unpaired) electrons. The lowest BCUT2D eigenvalue weighted by atomic mass is 9.93. The van der Waals surface area contributed by atoms with Crippen molar-refractivity contribution < 1.29 is 113 Å². The van der Waals surface area contributed by atoms with Crippen molar-refractivity contribution in [2.75, 3.05) is 83.2 Å². The van der Waals surface area contributed by atoms with Gasteiger partial charge in [0, 0.05) is 63.3 Å². The fraction of sp³-hybridized carbons (Fsp3) is 0.320. The van der Waals surface area contributed by atoms with Crippen molar-refractivity contribution in [2.45, 2.75) is 34.6 Å². The molecule has 0 spiro atoms. The highest BCUT2D eigenvalue weighted by molar-refractivity contribution is 6.33. The van der Waals surface area contributed by atoms with Gasteiger partial charge in [-0.1, -0.05) is 29.3 Å². The molecule has 29 heteroatoms. The summed E-state index contributed by atoms with van der Waals surface area (Å²) < 4.78 is 97.9. The van der Waals surface area contributed by atoms with Gasteiger partial charge in [-0.2, -0.15) is 4.39 Å². The minimum Gasteiger partial charge on any atom is -0.488 e. The molecule has 422 valence electrons. The molecule has 0 fully saturated rings. The zero-order chi connectivity index (χ0) is 57.9. The first-order chi connectivity index (χ1) is 37.5. The van der Waals surface area contributed by atoms with E-state index >= 15 is 8.78 Å². The second-order valence-corrected chi connectivity index (χ2v) is 16.6. The van der Waals surface area contributed by atoms with Gasteiger partial charge in [-0.05, 0) is 42.0 Å². The Morgan fingerprint density at radius 1 is 0.506 bits per heavy atom. The lowest BCUT2D eigenvalue weighted by Gasteiger charge is -2.27. The number of hydrogen-bond acceptors (Lipinski definition) is 25. The molecule has 25 nitrogen and oxygen atoms in total. The number of fused-ring (bicyclic) bond motifs is 2. The summed E-state index contributed by atoms with van der Waals surface area (Å²) in [7, 11) is 0. The Labute approximate surface area is 455 Å². The van der Waals surface area contributed by atoms with Crippen LogP contribution in [0, 0.1) is 11.6 Å². The van der Waals surface area contributed by atoms with Crippen LogP contribution in [-0.4, -0.2) is 127 Å². The van der Waals surface area contributed by atoms with Crippen molar-refractivity contribution in [1.29, 1.82) is 0 Å². The molecule has 5 rings (SSSR count). The molecule has 0 unspecified atom stereocenters. The third kappa shape index (κ3) is 18.3. The molecule has 79 heavy (non-hydrogen) atoms. The minimum absolute atomic E-state index is 0.00336. The third-order valence-electron chi connectivity index (χ3n) is 10.1. The number of halogens is 4.